The Hall–Kier alpha value is -2.34. The second kappa shape index (κ2) is 7.28. The number of aromatic nitrogens is 2. The predicted molar refractivity (Wildman–Crippen MR) is 86.6 cm³/mol. The van der Waals surface area contributed by atoms with E-state index in [4.69, 9.17) is 11.6 Å². The van der Waals surface area contributed by atoms with Gasteiger partial charge in [0.15, 0.2) is 5.69 Å². The molecule has 1 amide bonds. The lowest BCUT2D eigenvalue weighted by Crippen LogP contribution is -2.34. The van der Waals surface area contributed by atoms with Crippen molar-refractivity contribution in [1.82, 2.24) is 15.1 Å². The largest absolute Gasteiger partial charge is 0.481 e. The first kappa shape index (κ1) is 17.0. The molecule has 1 aromatic carbocycles. The average Bonchev–Trinajstić information content (AvgIpc) is 2.79. The van der Waals surface area contributed by atoms with Gasteiger partial charge in [0.25, 0.3) is 5.91 Å². The SMILES string of the molecule is Cc1c(Cl)c(C(=O)NCC(Cc2ccccc2)C(=O)O)nn1C. The minimum absolute atomic E-state index is 0.00894. The zero-order chi connectivity index (χ0) is 17.0. The summed E-state index contributed by atoms with van der Waals surface area (Å²) in [5.74, 6) is -2.15. The maximum atomic E-state index is 12.1. The van der Waals surface area contributed by atoms with Gasteiger partial charge in [0.1, 0.15) is 0 Å². The molecule has 2 aromatic rings. The molecule has 0 radical (unpaired) electrons. The Labute approximate surface area is 139 Å². The fraction of sp³-hybridized carbons (Fsp3) is 0.312. The van der Waals surface area contributed by atoms with Gasteiger partial charge in [-0.2, -0.15) is 5.10 Å². The summed E-state index contributed by atoms with van der Waals surface area (Å²) in [6.45, 7) is 1.76. The quantitative estimate of drug-likeness (QED) is 0.846. The van der Waals surface area contributed by atoms with Crippen LogP contribution in [-0.2, 0) is 18.3 Å². The van der Waals surface area contributed by atoms with Gasteiger partial charge < -0.3 is 10.4 Å². The number of nitrogens with one attached hydrogen (secondary N) is 1. The first-order valence-corrected chi connectivity index (χ1v) is 7.52. The number of carboxylic acid groups (broad SMARTS) is 1. The van der Waals surface area contributed by atoms with Crippen LogP contribution in [0.15, 0.2) is 30.3 Å². The lowest BCUT2D eigenvalue weighted by molar-refractivity contribution is -0.141. The number of carbonyl (C=O) groups is 2. The van der Waals surface area contributed by atoms with E-state index in [0.717, 1.165) is 5.56 Å². The van der Waals surface area contributed by atoms with Crippen molar-refractivity contribution in [2.45, 2.75) is 13.3 Å². The highest BCUT2D eigenvalue weighted by atomic mass is 35.5. The average molecular weight is 336 g/mol. The van der Waals surface area contributed by atoms with Gasteiger partial charge in [0.05, 0.1) is 16.6 Å². The second-order valence-corrected chi connectivity index (χ2v) is 5.68. The van der Waals surface area contributed by atoms with Crippen LogP contribution in [-0.4, -0.2) is 33.3 Å². The molecule has 0 saturated heterocycles. The van der Waals surface area contributed by atoms with E-state index in [9.17, 15) is 14.7 Å². The van der Waals surface area contributed by atoms with Crippen LogP contribution in [0.25, 0.3) is 0 Å². The Morgan fingerprint density at radius 1 is 1.35 bits per heavy atom. The highest BCUT2D eigenvalue weighted by molar-refractivity contribution is 6.34. The van der Waals surface area contributed by atoms with Crippen molar-refractivity contribution in [2.75, 3.05) is 6.54 Å². The topological polar surface area (TPSA) is 84.2 Å². The van der Waals surface area contributed by atoms with Crippen LogP contribution in [0.5, 0.6) is 0 Å². The summed E-state index contributed by atoms with van der Waals surface area (Å²) in [7, 11) is 1.69. The molecule has 2 N–H and O–H groups in total. The molecule has 1 unspecified atom stereocenters. The summed E-state index contributed by atoms with van der Waals surface area (Å²) in [6, 6.07) is 9.28. The Balaban J connectivity index is 2.02. The number of carbonyl (C=O) groups excluding carboxylic acids is 1. The first-order chi connectivity index (χ1) is 10.9. The molecule has 2 rings (SSSR count). The number of halogens is 1. The molecular formula is C16H18ClN3O3. The summed E-state index contributed by atoms with van der Waals surface area (Å²) in [4.78, 5) is 23.5. The number of rotatable bonds is 6. The van der Waals surface area contributed by atoms with E-state index < -0.39 is 17.8 Å². The van der Waals surface area contributed by atoms with Crippen molar-refractivity contribution < 1.29 is 14.7 Å². The molecule has 122 valence electrons. The van der Waals surface area contributed by atoms with Gasteiger partial charge >= 0.3 is 5.97 Å². The molecule has 0 aliphatic rings. The molecule has 6 nitrogen and oxygen atoms in total. The van der Waals surface area contributed by atoms with Gasteiger partial charge in [-0.15, -0.1) is 0 Å². The fourth-order valence-electron chi connectivity index (χ4n) is 2.17. The molecule has 1 atom stereocenters. The van der Waals surface area contributed by atoms with Crippen LogP contribution < -0.4 is 5.32 Å². The summed E-state index contributed by atoms with van der Waals surface area (Å²) in [5, 5.41) is 16.2. The molecule has 0 fully saturated rings. The molecule has 0 aliphatic carbocycles. The minimum atomic E-state index is -0.961. The third-order valence-electron chi connectivity index (χ3n) is 3.66. The smallest absolute Gasteiger partial charge is 0.308 e. The zero-order valence-electron chi connectivity index (χ0n) is 12.9. The number of benzene rings is 1. The van der Waals surface area contributed by atoms with E-state index in [1.165, 1.54) is 4.68 Å². The first-order valence-electron chi connectivity index (χ1n) is 7.14. The lowest BCUT2D eigenvalue weighted by atomic mass is 9.99. The molecule has 0 spiro atoms. The number of aryl methyl sites for hydroxylation is 1. The summed E-state index contributed by atoms with van der Waals surface area (Å²) >= 11 is 6.06. The van der Waals surface area contributed by atoms with E-state index in [0.29, 0.717) is 12.1 Å². The normalized spacial score (nSPS) is 12.0. The third kappa shape index (κ3) is 4.10. The van der Waals surface area contributed by atoms with Crippen LogP contribution in [0.2, 0.25) is 5.02 Å². The summed E-state index contributed by atoms with van der Waals surface area (Å²) < 4.78 is 1.51. The van der Waals surface area contributed by atoms with Crippen LogP contribution in [0.3, 0.4) is 0 Å². The number of aliphatic carboxylic acids is 1. The van der Waals surface area contributed by atoms with Gasteiger partial charge in [-0.1, -0.05) is 41.9 Å². The maximum Gasteiger partial charge on any atom is 0.308 e. The molecule has 1 heterocycles. The van der Waals surface area contributed by atoms with Crippen LogP contribution in [0.4, 0.5) is 0 Å². The van der Waals surface area contributed by atoms with Gasteiger partial charge in [-0.25, -0.2) is 0 Å². The highest BCUT2D eigenvalue weighted by Crippen LogP contribution is 2.19. The number of hydrogen-bond donors (Lipinski definition) is 2. The van der Waals surface area contributed by atoms with Crippen molar-refractivity contribution in [3.63, 3.8) is 0 Å². The molecule has 1 aromatic heterocycles. The molecular weight excluding hydrogens is 318 g/mol. The maximum absolute atomic E-state index is 12.1. The van der Waals surface area contributed by atoms with Crippen LogP contribution >= 0.6 is 11.6 Å². The standard InChI is InChI=1S/C16H18ClN3O3/c1-10-13(17)14(19-20(10)2)15(21)18-9-12(16(22)23)8-11-6-4-3-5-7-11/h3-7,12H,8-9H2,1-2H3,(H,18,21)(H,22,23). The van der Waals surface area contributed by atoms with E-state index in [2.05, 4.69) is 10.4 Å². The van der Waals surface area contributed by atoms with Crippen molar-refractivity contribution in [1.29, 1.82) is 0 Å². The van der Waals surface area contributed by atoms with Crippen LogP contribution in [0.1, 0.15) is 21.7 Å². The molecule has 23 heavy (non-hydrogen) atoms. The number of amides is 1. The number of hydrogen-bond acceptors (Lipinski definition) is 3. The molecule has 7 heteroatoms. The van der Waals surface area contributed by atoms with Gasteiger partial charge in [0, 0.05) is 13.6 Å². The zero-order valence-corrected chi connectivity index (χ0v) is 13.7. The van der Waals surface area contributed by atoms with Gasteiger partial charge in [-0.05, 0) is 18.9 Å². The Bertz CT molecular complexity index is 713. The molecule has 0 saturated carbocycles. The van der Waals surface area contributed by atoms with Gasteiger partial charge in [-0.3, -0.25) is 14.3 Å². The lowest BCUT2D eigenvalue weighted by Gasteiger charge is -2.13. The monoisotopic (exact) mass is 335 g/mol. The molecule has 0 aliphatic heterocycles. The van der Waals surface area contributed by atoms with Crippen molar-refractivity contribution >= 4 is 23.5 Å². The van der Waals surface area contributed by atoms with Crippen molar-refractivity contribution in [2.24, 2.45) is 13.0 Å². The highest BCUT2D eigenvalue weighted by Gasteiger charge is 2.22. The minimum Gasteiger partial charge on any atom is -0.481 e. The number of nitrogens with zero attached hydrogens (tertiary/aromatic N) is 2. The van der Waals surface area contributed by atoms with E-state index in [1.807, 2.05) is 30.3 Å². The van der Waals surface area contributed by atoms with E-state index in [1.54, 1.807) is 14.0 Å². The third-order valence-corrected chi connectivity index (χ3v) is 4.11. The van der Waals surface area contributed by atoms with Crippen LogP contribution in [0, 0.1) is 12.8 Å². The van der Waals surface area contributed by atoms with Crippen molar-refractivity contribution in [3.8, 4) is 0 Å². The second-order valence-electron chi connectivity index (χ2n) is 5.31. The van der Waals surface area contributed by atoms with E-state index >= 15 is 0 Å². The van der Waals surface area contributed by atoms with Crippen molar-refractivity contribution in [3.05, 3.63) is 52.3 Å². The Morgan fingerprint density at radius 3 is 2.52 bits per heavy atom. The predicted octanol–water partition coefficient (Wildman–Crippen LogP) is 2.06. The Kier molecular flexibility index (Phi) is 5.39. The van der Waals surface area contributed by atoms with E-state index in [-0.39, 0.29) is 17.3 Å². The van der Waals surface area contributed by atoms with Gasteiger partial charge in [0.2, 0.25) is 0 Å². The summed E-state index contributed by atoms with van der Waals surface area (Å²) in [5.41, 5.74) is 1.69. The summed E-state index contributed by atoms with van der Waals surface area (Å²) in [6.07, 6.45) is 0.339. The molecule has 0 bridgehead atoms. The number of carboxylic acids is 1. The fourth-order valence-corrected chi connectivity index (χ4v) is 2.42. The Morgan fingerprint density at radius 2 is 2.00 bits per heavy atom.